The van der Waals surface area contributed by atoms with Crippen molar-refractivity contribution in [2.24, 2.45) is 9.98 Å². The zero-order valence-corrected chi connectivity index (χ0v) is 24.3. The highest BCUT2D eigenvalue weighted by atomic mass is 19.1. The second-order valence-corrected chi connectivity index (χ2v) is 10.0. The molecule has 0 aromatic heterocycles. The summed E-state index contributed by atoms with van der Waals surface area (Å²) in [6, 6.07) is 3.35. The standard InChI is InChI=1S/C30H40F2N4O4/c1-19-10-13-36(23(5)37)18-27(19)34-29(20(2)17-33-30(39-7)22(4)38-6)21(3)35-14-11-25(12-15-35)40-28-9-8-24(31)16-26(28)32/h8-9,16-17,22,25H,1,10-15,18H2,2-7H3/b20-17+,29-21+,33-30?,34-27?. The monoisotopic (exact) mass is 558 g/mol. The Kier molecular flexibility index (Phi) is 11.0. The van der Waals surface area contributed by atoms with Crippen LogP contribution in [-0.2, 0) is 14.3 Å². The Labute approximate surface area is 235 Å². The molecule has 0 radical (unpaired) electrons. The molecule has 2 aliphatic rings. The molecule has 1 aromatic rings. The minimum Gasteiger partial charge on any atom is -0.487 e. The van der Waals surface area contributed by atoms with Crippen LogP contribution >= 0.6 is 0 Å². The Bertz CT molecular complexity index is 1220. The van der Waals surface area contributed by atoms with Gasteiger partial charge in [-0.3, -0.25) is 4.79 Å². The molecule has 2 saturated heterocycles. The van der Waals surface area contributed by atoms with Crippen molar-refractivity contribution < 1.29 is 27.8 Å². The molecule has 0 aliphatic carbocycles. The molecule has 2 fully saturated rings. The van der Waals surface area contributed by atoms with Crippen LogP contribution in [0, 0.1) is 11.6 Å². The number of piperidine rings is 2. The quantitative estimate of drug-likeness (QED) is 0.247. The molecule has 3 rings (SSSR count). The molecule has 10 heteroatoms. The lowest BCUT2D eigenvalue weighted by Gasteiger charge is -2.35. The topological polar surface area (TPSA) is 76.0 Å². The molecule has 218 valence electrons. The van der Waals surface area contributed by atoms with Gasteiger partial charge in [-0.15, -0.1) is 0 Å². The summed E-state index contributed by atoms with van der Waals surface area (Å²) in [6.45, 7) is 13.9. The van der Waals surface area contributed by atoms with Crippen molar-refractivity contribution in [3.05, 3.63) is 65.2 Å². The van der Waals surface area contributed by atoms with Crippen LogP contribution < -0.4 is 4.74 Å². The number of halogens is 2. The normalized spacial score (nSPS) is 20.0. The van der Waals surface area contributed by atoms with Crippen molar-refractivity contribution in [1.82, 2.24) is 9.80 Å². The number of nitrogens with zero attached hydrogens (tertiary/aromatic N) is 4. The van der Waals surface area contributed by atoms with Crippen LogP contribution in [0.3, 0.4) is 0 Å². The first-order valence-corrected chi connectivity index (χ1v) is 13.4. The maximum atomic E-state index is 14.1. The Balaban J connectivity index is 1.89. The van der Waals surface area contributed by atoms with Crippen molar-refractivity contribution in [2.45, 2.75) is 59.2 Å². The van der Waals surface area contributed by atoms with Crippen molar-refractivity contribution in [1.29, 1.82) is 0 Å². The number of benzene rings is 1. The zero-order valence-electron chi connectivity index (χ0n) is 24.3. The van der Waals surface area contributed by atoms with Gasteiger partial charge in [-0.25, -0.2) is 18.8 Å². The minimum absolute atomic E-state index is 0.00253. The van der Waals surface area contributed by atoms with E-state index in [1.165, 1.54) is 12.1 Å². The van der Waals surface area contributed by atoms with E-state index in [1.807, 2.05) is 20.8 Å². The van der Waals surface area contributed by atoms with Gasteiger partial charge in [0.1, 0.15) is 18.0 Å². The third kappa shape index (κ3) is 8.00. The Morgan fingerprint density at radius 2 is 1.82 bits per heavy atom. The van der Waals surface area contributed by atoms with Crippen LogP contribution in [-0.4, -0.2) is 79.9 Å². The van der Waals surface area contributed by atoms with Gasteiger partial charge in [0.2, 0.25) is 11.8 Å². The number of hydrogen-bond donors (Lipinski definition) is 0. The van der Waals surface area contributed by atoms with E-state index in [-0.39, 0.29) is 23.9 Å². The smallest absolute Gasteiger partial charge is 0.219 e. The van der Waals surface area contributed by atoms with Crippen molar-refractivity contribution in [3.63, 3.8) is 0 Å². The lowest BCUT2D eigenvalue weighted by molar-refractivity contribution is -0.128. The van der Waals surface area contributed by atoms with Crippen LogP contribution in [0.5, 0.6) is 5.75 Å². The van der Waals surface area contributed by atoms with E-state index in [0.717, 1.165) is 34.3 Å². The molecule has 0 bridgehead atoms. The predicted molar refractivity (Wildman–Crippen MR) is 152 cm³/mol. The van der Waals surface area contributed by atoms with Gasteiger partial charge in [0.25, 0.3) is 0 Å². The van der Waals surface area contributed by atoms with Crippen LogP contribution in [0.25, 0.3) is 0 Å². The van der Waals surface area contributed by atoms with Crippen LogP contribution in [0.15, 0.2) is 63.5 Å². The first kappa shape index (κ1) is 31.0. The highest BCUT2D eigenvalue weighted by Gasteiger charge is 2.25. The fraction of sp³-hybridized carbons (Fsp3) is 0.500. The van der Waals surface area contributed by atoms with E-state index in [2.05, 4.69) is 16.5 Å². The fourth-order valence-electron chi connectivity index (χ4n) is 4.61. The van der Waals surface area contributed by atoms with Crippen molar-refractivity contribution in [3.8, 4) is 5.75 Å². The molecular weight excluding hydrogens is 518 g/mol. The summed E-state index contributed by atoms with van der Waals surface area (Å²) in [4.78, 5) is 25.6. The molecule has 2 aliphatic heterocycles. The molecule has 40 heavy (non-hydrogen) atoms. The third-order valence-electron chi connectivity index (χ3n) is 7.24. The molecule has 1 aromatic carbocycles. The minimum atomic E-state index is -0.705. The van der Waals surface area contributed by atoms with E-state index in [0.29, 0.717) is 51.3 Å². The summed E-state index contributed by atoms with van der Waals surface area (Å²) in [7, 11) is 3.14. The first-order valence-electron chi connectivity index (χ1n) is 13.4. The maximum absolute atomic E-state index is 14.1. The SMILES string of the molecule is C=C1CCN(C(C)=O)CC1=NC(/C(C)=C/N=C(OC)C(C)OC)=C(\C)N1CCC(Oc2ccc(F)cc2F)CC1. The largest absolute Gasteiger partial charge is 0.487 e. The summed E-state index contributed by atoms with van der Waals surface area (Å²) in [5.74, 6) is -0.854. The summed E-state index contributed by atoms with van der Waals surface area (Å²) in [6.07, 6.45) is 3.17. The van der Waals surface area contributed by atoms with Gasteiger partial charge in [-0.2, -0.15) is 0 Å². The number of hydrogen-bond acceptors (Lipinski definition) is 7. The number of amides is 1. The lowest BCUT2D eigenvalue weighted by atomic mass is 10.0. The number of allylic oxidation sites excluding steroid dienone is 2. The number of carbonyl (C=O) groups excluding carboxylic acids is 1. The highest BCUT2D eigenvalue weighted by molar-refractivity contribution is 6.04. The van der Waals surface area contributed by atoms with Gasteiger partial charge >= 0.3 is 0 Å². The highest BCUT2D eigenvalue weighted by Crippen LogP contribution is 2.28. The van der Waals surface area contributed by atoms with Gasteiger partial charge in [0.15, 0.2) is 11.6 Å². The molecule has 0 saturated carbocycles. The summed E-state index contributed by atoms with van der Waals surface area (Å²) in [5, 5.41) is 0. The third-order valence-corrected chi connectivity index (χ3v) is 7.24. The van der Waals surface area contributed by atoms with Gasteiger partial charge in [-0.05, 0) is 50.5 Å². The van der Waals surface area contributed by atoms with E-state index >= 15 is 0 Å². The van der Waals surface area contributed by atoms with Crippen molar-refractivity contribution in [2.75, 3.05) is 40.4 Å². The van der Waals surface area contributed by atoms with E-state index in [9.17, 15) is 13.6 Å². The molecule has 0 N–H and O–H groups in total. The number of ether oxygens (including phenoxy) is 3. The molecular formula is C30H40F2N4O4. The van der Waals surface area contributed by atoms with E-state index in [4.69, 9.17) is 19.2 Å². The number of methoxy groups -OCH3 is 2. The first-order chi connectivity index (χ1) is 19.0. The molecule has 1 unspecified atom stereocenters. The van der Waals surface area contributed by atoms with Crippen LogP contribution in [0.2, 0.25) is 0 Å². The molecule has 1 amide bonds. The summed E-state index contributed by atoms with van der Waals surface area (Å²) >= 11 is 0. The lowest BCUT2D eigenvalue weighted by Crippen LogP contribution is -2.40. The van der Waals surface area contributed by atoms with Gasteiger partial charge in [0.05, 0.1) is 25.1 Å². The Morgan fingerprint density at radius 1 is 1.12 bits per heavy atom. The molecule has 0 spiro atoms. The number of carbonyl (C=O) groups is 1. The summed E-state index contributed by atoms with van der Waals surface area (Å²) in [5.41, 5.74) is 4.14. The fourth-order valence-corrected chi connectivity index (χ4v) is 4.61. The van der Waals surface area contributed by atoms with Gasteiger partial charge in [-0.1, -0.05) is 6.58 Å². The van der Waals surface area contributed by atoms with Crippen LogP contribution in [0.1, 0.15) is 47.0 Å². The van der Waals surface area contributed by atoms with E-state index < -0.39 is 11.6 Å². The van der Waals surface area contributed by atoms with E-state index in [1.54, 1.807) is 32.2 Å². The van der Waals surface area contributed by atoms with Crippen LogP contribution in [0.4, 0.5) is 8.78 Å². The second-order valence-electron chi connectivity index (χ2n) is 10.0. The van der Waals surface area contributed by atoms with Gasteiger partial charge in [0, 0.05) is 64.5 Å². The average Bonchev–Trinajstić information content (AvgIpc) is 2.94. The summed E-state index contributed by atoms with van der Waals surface area (Å²) < 4.78 is 43.9. The molecule has 8 nitrogen and oxygen atoms in total. The number of rotatable bonds is 8. The zero-order chi connectivity index (χ0) is 29.4. The Morgan fingerprint density at radius 3 is 2.42 bits per heavy atom. The average molecular weight is 559 g/mol. The van der Waals surface area contributed by atoms with Gasteiger partial charge < -0.3 is 24.0 Å². The predicted octanol–water partition coefficient (Wildman–Crippen LogP) is 5.27. The molecule has 2 heterocycles. The number of aliphatic imine (C=N–C) groups is 2. The Hall–Kier alpha value is -3.53. The maximum Gasteiger partial charge on any atom is 0.219 e. The molecule has 1 atom stereocenters. The number of likely N-dealkylation sites (tertiary alicyclic amines) is 2. The van der Waals surface area contributed by atoms with Crippen molar-refractivity contribution >= 4 is 17.5 Å². The second kappa shape index (κ2) is 14.2.